The van der Waals surface area contributed by atoms with Gasteiger partial charge in [0.05, 0.1) is 0 Å². The van der Waals surface area contributed by atoms with Crippen LogP contribution in [0.4, 0.5) is 0 Å². The SMILES string of the molecule is CC(c1ccccc1)(c1ccccc1)[C]1([Ti+3])C=CC=C1Cc1ccccc1.[Cl-].[Cl-].[Cl-]. The Balaban J connectivity index is 0.00000150. The third kappa shape index (κ3) is 4.80. The van der Waals surface area contributed by atoms with Gasteiger partial charge in [0.15, 0.2) is 0 Å². The molecule has 0 aliphatic heterocycles. The van der Waals surface area contributed by atoms with E-state index in [-0.39, 0.29) is 46.4 Å². The van der Waals surface area contributed by atoms with Crippen molar-refractivity contribution in [3.8, 4) is 0 Å². The van der Waals surface area contributed by atoms with Crippen molar-refractivity contribution in [2.45, 2.75) is 22.5 Å². The molecule has 0 nitrogen and oxygen atoms in total. The van der Waals surface area contributed by atoms with E-state index >= 15 is 0 Å². The molecule has 30 heavy (non-hydrogen) atoms. The van der Waals surface area contributed by atoms with Crippen LogP contribution in [0.5, 0.6) is 0 Å². The van der Waals surface area contributed by atoms with E-state index in [9.17, 15) is 0 Å². The van der Waals surface area contributed by atoms with Gasteiger partial charge in [0, 0.05) is 0 Å². The summed E-state index contributed by atoms with van der Waals surface area (Å²) in [5.74, 6) is 0. The fourth-order valence-electron chi connectivity index (χ4n) is 4.21. The van der Waals surface area contributed by atoms with Crippen molar-refractivity contribution in [2.75, 3.05) is 0 Å². The average molecular weight is 490 g/mol. The second-order valence-electron chi connectivity index (χ2n) is 7.38. The van der Waals surface area contributed by atoms with Crippen molar-refractivity contribution < 1.29 is 57.7 Å². The standard InChI is InChI=1S/C26H23.3ClH.Ti/c1-26(23-15-7-3-8-16-23,24-17-9-4-10-18-24)25-19-11-14-22(25)20-21-12-5-2-6-13-21;;;;/h2-19H,20H2,1H3;3*1H;/q;;;;+3/p-3. The van der Waals surface area contributed by atoms with Crippen LogP contribution in [0, 0.1) is 0 Å². The summed E-state index contributed by atoms with van der Waals surface area (Å²) in [6.07, 6.45) is 7.92. The molecule has 3 aromatic carbocycles. The molecular weight excluding hydrogens is 467 g/mol. The Hall–Kier alpha value is -1.28. The molecule has 0 saturated carbocycles. The maximum Gasteiger partial charge on any atom is -1.00 e. The Morgan fingerprint density at radius 3 is 1.60 bits per heavy atom. The second kappa shape index (κ2) is 11.4. The Bertz CT molecular complexity index is 929. The van der Waals surface area contributed by atoms with E-state index < -0.39 is 0 Å². The Kier molecular flexibility index (Phi) is 10.1. The summed E-state index contributed by atoms with van der Waals surface area (Å²) in [5, 5.41) is 0. The predicted octanol–water partition coefficient (Wildman–Crippen LogP) is -2.55. The van der Waals surface area contributed by atoms with Gasteiger partial charge in [-0.25, -0.2) is 0 Å². The smallest absolute Gasteiger partial charge is 1.00 e. The molecule has 3 aromatic rings. The average Bonchev–Trinajstić information content (AvgIpc) is 3.11. The molecule has 0 heterocycles. The second-order valence-corrected chi connectivity index (χ2v) is 8.61. The first kappa shape index (κ1) is 26.8. The van der Waals surface area contributed by atoms with Crippen LogP contribution < -0.4 is 37.2 Å². The molecule has 0 fully saturated rings. The molecule has 0 radical (unpaired) electrons. The summed E-state index contributed by atoms with van der Waals surface area (Å²) in [6.45, 7) is 2.40. The first-order chi connectivity index (χ1) is 13.1. The van der Waals surface area contributed by atoms with Crippen LogP contribution in [0.1, 0.15) is 23.6 Å². The van der Waals surface area contributed by atoms with Gasteiger partial charge in [-0.1, -0.05) is 0 Å². The van der Waals surface area contributed by atoms with Crippen molar-refractivity contribution in [3.63, 3.8) is 0 Å². The van der Waals surface area contributed by atoms with E-state index in [0.717, 1.165) is 6.42 Å². The van der Waals surface area contributed by atoms with Crippen LogP contribution in [0.2, 0.25) is 3.72 Å². The first-order valence-corrected chi connectivity index (χ1v) is 10.2. The van der Waals surface area contributed by atoms with E-state index in [1.807, 2.05) is 0 Å². The predicted molar refractivity (Wildman–Crippen MR) is 109 cm³/mol. The molecular formula is C26H23Cl3Ti. The number of hydrogen-bond donors (Lipinski definition) is 0. The summed E-state index contributed by atoms with van der Waals surface area (Å²) < 4.78 is -0.0917. The molecule has 1 unspecified atom stereocenters. The van der Waals surface area contributed by atoms with Crippen molar-refractivity contribution in [1.82, 2.24) is 0 Å². The van der Waals surface area contributed by atoms with Crippen molar-refractivity contribution in [2.24, 2.45) is 0 Å². The summed E-state index contributed by atoms with van der Waals surface area (Å²) in [7, 11) is 0. The van der Waals surface area contributed by atoms with Gasteiger partial charge < -0.3 is 37.2 Å². The van der Waals surface area contributed by atoms with Gasteiger partial charge >= 0.3 is 174 Å². The molecule has 152 valence electrons. The zero-order valence-electron chi connectivity index (χ0n) is 16.7. The Labute approximate surface area is 210 Å². The van der Waals surface area contributed by atoms with Gasteiger partial charge in [-0.05, 0) is 0 Å². The molecule has 1 aliphatic rings. The normalized spacial score (nSPS) is 17.2. The van der Waals surface area contributed by atoms with Gasteiger partial charge in [0.2, 0.25) is 0 Å². The summed E-state index contributed by atoms with van der Waals surface area (Å²) in [5.41, 5.74) is 5.38. The fraction of sp³-hybridized carbons (Fsp3) is 0.154. The van der Waals surface area contributed by atoms with E-state index in [1.165, 1.54) is 22.3 Å². The third-order valence-electron chi connectivity index (χ3n) is 5.88. The molecule has 1 atom stereocenters. The monoisotopic (exact) mass is 488 g/mol. The quantitative estimate of drug-likeness (QED) is 0.347. The van der Waals surface area contributed by atoms with Crippen LogP contribution in [-0.2, 0) is 32.3 Å². The molecule has 0 N–H and O–H groups in total. The first-order valence-electron chi connectivity index (χ1n) is 9.43. The number of allylic oxidation sites excluding steroid dienone is 4. The van der Waals surface area contributed by atoms with Crippen LogP contribution in [0.25, 0.3) is 0 Å². The Morgan fingerprint density at radius 1 is 0.700 bits per heavy atom. The molecule has 0 saturated heterocycles. The van der Waals surface area contributed by atoms with Gasteiger partial charge in [-0.3, -0.25) is 0 Å². The van der Waals surface area contributed by atoms with Crippen LogP contribution >= 0.6 is 0 Å². The van der Waals surface area contributed by atoms with Crippen LogP contribution in [-0.4, -0.2) is 0 Å². The Morgan fingerprint density at radius 2 is 1.13 bits per heavy atom. The number of hydrogen-bond acceptors (Lipinski definition) is 0. The summed E-state index contributed by atoms with van der Waals surface area (Å²) in [4.78, 5) is 0. The zero-order chi connectivity index (χ0) is 18.7. The molecule has 1 aliphatic carbocycles. The number of halogens is 3. The van der Waals surface area contributed by atoms with E-state index in [0.29, 0.717) is 0 Å². The van der Waals surface area contributed by atoms with E-state index in [1.54, 1.807) is 0 Å². The molecule has 4 rings (SSSR count). The summed E-state index contributed by atoms with van der Waals surface area (Å²) in [6, 6.07) is 32.7. The molecule has 0 spiro atoms. The maximum absolute atomic E-state index is 2.40. The molecule has 4 heteroatoms. The minimum atomic E-state index is -0.150. The molecule has 0 aromatic heterocycles. The van der Waals surface area contributed by atoms with E-state index in [2.05, 4.69) is 137 Å². The van der Waals surface area contributed by atoms with Gasteiger partial charge in [0.25, 0.3) is 0 Å². The minimum Gasteiger partial charge on any atom is -1.00 e. The third-order valence-corrected chi connectivity index (χ3v) is 7.42. The fourth-order valence-corrected chi connectivity index (χ4v) is 5.08. The number of benzene rings is 3. The van der Waals surface area contributed by atoms with Crippen molar-refractivity contribution in [3.05, 3.63) is 131 Å². The van der Waals surface area contributed by atoms with Crippen LogP contribution in [0.3, 0.4) is 0 Å². The maximum atomic E-state index is 2.40. The van der Waals surface area contributed by atoms with Crippen molar-refractivity contribution >= 4 is 0 Å². The van der Waals surface area contributed by atoms with Crippen molar-refractivity contribution in [1.29, 1.82) is 0 Å². The number of rotatable bonds is 5. The summed E-state index contributed by atoms with van der Waals surface area (Å²) >= 11 is 2.39. The zero-order valence-corrected chi connectivity index (χ0v) is 20.6. The molecule has 0 amide bonds. The minimum absolute atomic E-state index is 0. The topological polar surface area (TPSA) is 0 Å². The molecule has 0 bridgehead atoms. The van der Waals surface area contributed by atoms with Crippen LogP contribution in [0.15, 0.2) is 115 Å². The van der Waals surface area contributed by atoms with E-state index in [4.69, 9.17) is 0 Å². The van der Waals surface area contributed by atoms with Gasteiger partial charge in [0.1, 0.15) is 0 Å². The van der Waals surface area contributed by atoms with Gasteiger partial charge in [-0.2, -0.15) is 0 Å². The van der Waals surface area contributed by atoms with Gasteiger partial charge in [-0.15, -0.1) is 0 Å². The largest absolute Gasteiger partial charge is 1.00 e.